The highest BCUT2D eigenvalue weighted by Crippen LogP contribution is 2.25. The standard InChI is InChI=1S/C18H28N2O4S/c1-12(2)17(21)18(22)20-9-8-14-10-16(7-6-15(14)11-20)25(23,24)19(5)13(3)4/h6-7,10,12-13,17,21H,8-9,11H2,1-5H3. The van der Waals surface area contributed by atoms with E-state index in [2.05, 4.69) is 0 Å². The van der Waals surface area contributed by atoms with Crippen molar-refractivity contribution < 1.29 is 18.3 Å². The zero-order valence-electron chi connectivity index (χ0n) is 15.6. The number of aliphatic hydroxyl groups excluding tert-OH is 1. The van der Waals surface area contributed by atoms with Crippen LogP contribution in [0.1, 0.15) is 38.8 Å². The molecule has 1 heterocycles. The third-order valence-corrected chi connectivity index (χ3v) is 6.82. The Morgan fingerprint density at radius 3 is 2.40 bits per heavy atom. The maximum absolute atomic E-state index is 12.6. The zero-order chi connectivity index (χ0) is 18.9. The van der Waals surface area contributed by atoms with Gasteiger partial charge >= 0.3 is 0 Å². The van der Waals surface area contributed by atoms with Crippen molar-refractivity contribution in [3.8, 4) is 0 Å². The van der Waals surface area contributed by atoms with E-state index in [1.807, 2.05) is 27.7 Å². The monoisotopic (exact) mass is 368 g/mol. The Hall–Kier alpha value is -1.44. The summed E-state index contributed by atoms with van der Waals surface area (Å²) in [6.45, 7) is 8.17. The van der Waals surface area contributed by atoms with Crippen molar-refractivity contribution in [2.45, 2.75) is 57.7 Å². The van der Waals surface area contributed by atoms with Gasteiger partial charge in [0.15, 0.2) is 0 Å². The molecule has 1 aliphatic heterocycles. The molecule has 1 unspecified atom stereocenters. The second-order valence-electron chi connectivity index (χ2n) is 7.24. The van der Waals surface area contributed by atoms with Crippen molar-refractivity contribution in [3.05, 3.63) is 29.3 Å². The molecular formula is C18H28N2O4S. The van der Waals surface area contributed by atoms with Gasteiger partial charge in [0.1, 0.15) is 6.10 Å². The zero-order valence-corrected chi connectivity index (χ0v) is 16.4. The van der Waals surface area contributed by atoms with Gasteiger partial charge in [0.2, 0.25) is 10.0 Å². The quantitative estimate of drug-likeness (QED) is 0.857. The molecule has 1 aliphatic rings. The summed E-state index contributed by atoms with van der Waals surface area (Å²) < 4.78 is 26.6. The van der Waals surface area contributed by atoms with Crippen LogP contribution in [0.2, 0.25) is 0 Å². The van der Waals surface area contributed by atoms with E-state index in [0.29, 0.717) is 19.5 Å². The lowest BCUT2D eigenvalue weighted by molar-refractivity contribution is -0.143. The van der Waals surface area contributed by atoms with E-state index in [4.69, 9.17) is 0 Å². The highest BCUT2D eigenvalue weighted by molar-refractivity contribution is 7.89. The summed E-state index contributed by atoms with van der Waals surface area (Å²) >= 11 is 0. The van der Waals surface area contributed by atoms with Gasteiger partial charge in [0, 0.05) is 26.2 Å². The molecule has 0 radical (unpaired) electrons. The van der Waals surface area contributed by atoms with E-state index >= 15 is 0 Å². The number of nitrogens with zero attached hydrogens (tertiary/aromatic N) is 2. The molecule has 0 bridgehead atoms. The molecule has 0 spiro atoms. The second kappa shape index (κ2) is 7.43. The molecule has 1 aromatic carbocycles. The van der Waals surface area contributed by atoms with Gasteiger partial charge in [0.05, 0.1) is 4.90 Å². The van der Waals surface area contributed by atoms with Crippen LogP contribution in [0.4, 0.5) is 0 Å². The minimum absolute atomic E-state index is 0.119. The van der Waals surface area contributed by atoms with E-state index in [1.54, 1.807) is 30.1 Å². The van der Waals surface area contributed by atoms with Crippen molar-refractivity contribution in [2.75, 3.05) is 13.6 Å². The Balaban J connectivity index is 2.24. The van der Waals surface area contributed by atoms with Crippen LogP contribution in [0.5, 0.6) is 0 Å². The average Bonchev–Trinajstić information content (AvgIpc) is 2.58. The Kier molecular flexibility index (Phi) is 5.91. The number of rotatable bonds is 5. The van der Waals surface area contributed by atoms with Crippen molar-refractivity contribution in [2.24, 2.45) is 5.92 Å². The number of sulfonamides is 1. The van der Waals surface area contributed by atoms with Crippen LogP contribution >= 0.6 is 0 Å². The average molecular weight is 368 g/mol. The Morgan fingerprint density at radius 1 is 1.20 bits per heavy atom. The molecule has 1 atom stereocenters. The van der Waals surface area contributed by atoms with Crippen LogP contribution < -0.4 is 0 Å². The molecule has 1 N–H and O–H groups in total. The number of fused-ring (bicyclic) bond motifs is 1. The van der Waals surface area contributed by atoms with E-state index in [1.165, 1.54) is 4.31 Å². The van der Waals surface area contributed by atoms with Gasteiger partial charge in [-0.1, -0.05) is 19.9 Å². The normalized spacial score (nSPS) is 16.4. The van der Waals surface area contributed by atoms with Crippen LogP contribution in [-0.2, 0) is 27.8 Å². The highest BCUT2D eigenvalue weighted by Gasteiger charge is 2.29. The molecule has 0 fully saturated rings. The lowest BCUT2D eigenvalue weighted by Gasteiger charge is -2.32. The van der Waals surface area contributed by atoms with Gasteiger partial charge in [-0.15, -0.1) is 0 Å². The molecule has 1 aromatic rings. The molecule has 0 saturated carbocycles. The lowest BCUT2D eigenvalue weighted by atomic mass is 9.98. The molecule has 0 aromatic heterocycles. The van der Waals surface area contributed by atoms with Crippen LogP contribution in [0, 0.1) is 5.92 Å². The van der Waals surface area contributed by atoms with Crippen LogP contribution in [-0.4, -0.2) is 54.4 Å². The van der Waals surface area contributed by atoms with Crippen LogP contribution in [0.15, 0.2) is 23.1 Å². The first kappa shape index (κ1) is 19.9. The maximum Gasteiger partial charge on any atom is 0.251 e. The van der Waals surface area contributed by atoms with E-state index in [-0.39, 0.29) is 22.8 Å². The Bertz CT molecular complexity index is 743. The molecule has 6 nitrogen and oxygen atoms in total. The second-order valence-corrected chi connectivity index (χ2v) is 9.24. The van der Waals surface area contributed by atoms with Crippen molar-refractivity contribution >= 4 is 15.9 Å². The van der Waals surface area contributed by atoms with E-state index in [0.717, 1.165) is 11.1 Å². The van der Waals surface area contributed by atoms with Gasteiger partial charge < -0.3 is 10.0 Å². The number of hydrogen-bond acceptors (Lipinski definition) is 4. The fourth-order valence-corrected chi connectivity index (χ4v) is 4.21. The fraction of sp³-hybridized carbons (Fsp3) is 0.611. The molecule has 0 aliphatic carbocycles. The third kappa shape index (κ3) is 4.04. The minimum Gasteiger partial charge on any atom is -0.383 e. The largest absolute Gasteiger partial charge is 0.383 e. The summed E-state index contributed by atoms with van der Waals surface area (Å²) in [5.74, 6) is -0.398. The maximum atomic E-state index is 12.6. The minimum atomic E-state index is -3.51. The van der Waals surface area contributed by atoms with Gasteiger partial charge in [-0.3, -0.25) is 4.79 Å². The molecule has 140 valence electrons. The Morgan fingerprint density at radius 2 is 1.84 bits per heavy atom. The first-order valence-corrected chi connectivity index (χ1v) is 10.1. The van der Waals surface area contributed by atoms with Crippen molar-refractivity contribution in [1.82, 2.24) is 9.21 Å². The summed E-state index contributed by atoms with van der Waals surface area (Å²) in [5, 5.41) is 9.98. The molecule has 0 saturated heterocycles. The summed E-state index contributed by atoms with van der Waals surface area (Å²) in [4.78, 5) is 14.2. The van der Waals surface area contributed by atoms with Crippen molar-refractivity contribution in [3.63, 3.8) is 0 Å². The van der Waals surface area contributed by atoms with Gasteiger partial charge in [-0.05, 0) is 49.4 Å². The number of amides is 1. The number of carbonyl (C=O) groups is 1. The molecule has 25 heavy (non-hydrogen) atoms. The summed E-state index contributed by atoms with van der Waals surface area (Å²) in [5.41, 5.74) is 1.88. The SMILES string of the molecule is CC(C)C(O)C(=O)N1CCc2cc(S(=O)(=O)N(C)C(C)C)ccc2C1. The first-order chi connectivity index (χ1) is 11.6. The fourth-order valence-electron chi connectivity index (χ4n) is 2.79. The number of benzene rings is 1. The summed E-state index contributed by atoms with van der Waals surface area (Å²) in [6.07, 6.45) is -0.415. The number of carbonyl (C=O) groups excluding carboxylic acids is 1. The summed E-state index contributed by atoms with van der Waals surface area (Å²) in [7, 11) is -1.94. The molecule has 7 heteroatoms. The topological polar surface area (TPSA) is 77.9 Å². The van der Waals surface area contributed by atoms with Gasteiger partial charge in [-0.25, -0.2) is 8.42 Å². The molecule has 1 amide bonds. The van der Waals surface area contributed by atoms with Crippen LogP contribution in [0.3, 0.4) is 0 Å². The number of hydrogen-bond donors (Lipinski definition) is 1. The van der Waals surface area contributed by atoms with E-state index < -0.39 is 16.1 Å². The first-order valence-electron chi connectivity index (χ1n) is 8.62. The predicted octanol–water partition coefficient (Wildman–Crippen LogP) is 1.62. The third-order valence-electron chi connectivity index (χ3n) is 4.79. The lowest BCUT2D eigenvalue weighted by Crippen LogP contribution is -2.44. The van der Waals surface area contributed by atoms with E-state index in [9.17, 15) is 18.3 Å². The molecular weight excluding hydrogens is 340 g/mol. The highest BCUT2D eigenvalue weighted by atomic mass is 32.2. The van der Waals surface area contributed by atoms with Gasteiger partial charge in [-0.2, -0.15) is 4.31 Å². The number of aliphatic hydroxyl groups is 1. The predicted molar refractivity (Wildman–Crippen MR) is 96.5 cm³/mol. The van der Waals surface area contributed by atoms with Crippen LogP contribution in [0.25, 0.3) is 0 Å². The summed E-state index contributed by atoms with van der Waals surface area (Å²) in [6, 6.07) is 4.97. The molecule has 2 rings (SSSR count). The Labute approximate surface area is 150 Å². The van der Waals surface area contributed by atoms with Crippen molar-refractivity contribution in [1.29, 1.82) is 0 Å². The van der Waals surface area contributed by atoms with Gasteiger partial charge in [0.25, 0.3) is 5.91 Å². The smallest absolute Gasteiger partial charge is 0.251 e.